The Balaban J connectivity index is 0.000000360. The van der Waals surface area contributed by atoms with Crippen LogP contribution in [0.15, 0.2) is 0 Å². The number of hydrogen-bond acceptors (Lipinski definition) is 1. The van der Waals surface area contributed by atoms with E-state index in [0.29, 0.717) is 0 Å². The summed E-state index contributed by atoms with van der Waals surface area (Å²) in [5.41, 5.74) is 0. The fourth-order valence-corrected chi connectivity index (χ4v) is 0.472. The Labute approximate surface area is 57.3 Å². The summed E-state index contributed by atoms with van der Waals surface area (Å²) >= 11 is 0. The van der Waals surface area contributed by atoms with Crippen LogP contribution in [0.25, 0.3) is 5.32 Å². The van der Waals surface area contributed by atoms with Crippen LogP contribution in [0.2, 0.25) is 0 Å². The third kappa shape index (κ3) is 3.19. The first-order valence-corrected chi connectivity index (χ1v) is 2.21. The molecule has 1 rings (SSSR count). The predicted molar refractivity (Wildman–Crippen MR) is 23.9 cm³/mol. The average molecular weight is 193 g/mol. The van der Waals surface area contributed by atoms with E-state index in [2.05, 4.69) is 5.32 Å². The molecule has 46 valence electrons. The Morgan fingerprint density at radius 1 is 1.14 bits per heavy atom. The molecule has 1 fully saturated rings. The fourth-order valence-electron chi connectivity index (χ4n) is 0.472. The van der Waals surface area contributed by atoms with E-state index in [9.17, 15) is 0 Å². The molecule has 0 amide bonds. The summed E-state index contributed by atoms with van der Waals surface area (Å²) < 4.78 is 4.98. The molecule has 0 aromatic heterocycles. The minimum absolute atomic E-state index is 0. The second kappa shape index (κ2) is 4.73. The number of ether oxygens (including phenoxy) is 1. The second-order valence-electron chi connectivity index (χ2n) is 1.28. The number of nitrogens with zero attached hydrogens (tertiary/aromatic N) is 1. The van der Waals surface area contributed by atoms with Gasteiger partial charge in [0.15, 0.2) is 0 Å². The summed E-state index contributed by atoms with van der Waals surface area (Å²) in [4.78, 5) is 0. The van der Waals surface area contributed by atoms with Crippen LogP contribution in [0.5, 0.6) is 0 Å². The van der Waals surface area contributed by atoms with Gasteiger partial charge in [-0.25, -0.2) is 0 Å². The minimum Gasteiger partial charge on any atom is -0.659 e. The monoisotopic (exact) mass is 192 g/mol. The van der Waals surface area contributed by atoms with E-state index in [1.54, 1.807) is 0 Å². The zero-order valence-electron chi connectivity index (χ0n) is 4.00. The van der Waals surface area contributed by atoms with Gasteiger partial charge in [0.25, 0.3) is 0 Å². The molecule has 0 aromatic carbocycles. The largest absolute Gasteiger partial charge is 0.659 e. The van der Waals surface area contributed by atoms with Gasteiger partial charge >= 0.3 is 0 Å². The Hall–Kier alpha value is 0.582. The van der Waals surface area contributed by atoms with E-state index in [4.69, 9.17) is 4.74 Å². The van der Waals surface area contributed by atoms with E-state index >= 15 is 0 Å². The van der Waals surface area contributed by atoms with E-state index in [1.807, 2.05) is 0 Å². The van der Waals surface area contributed by atoms with Crippen molar-refractivity contribution in [3.05, 3.63) is 5.32 Å². The third-order valence-corrected chi connectivity index (χ3v) is 0.787. The smallest absolute Gasteiger partial charge is 0.0277 e. The van der Waals surface area contributed by atoms with Crippen LogP contribution in [0.4, 0.5) is 0 Å². The van der Waals surface area contributed by atoms with Crippen molar-refractivity contribution in [3.63, 3.8) is 0 Å². The third-order valence-electron chi connectivity index (χ3n) is 0.787. The van der Waals surface area contributed by atoms with E-state index < -0.39 is 0 Å². The summed E-state index contributed by atoms with van der Waals surface area (Å²) in [6.45, 7) is 3.47. The molecule has 2 nitrogen and oxygen atoms in total. The molecule has 1 aliphatic heterocycles. The number of rotatable bonds is 0. The quantitative estimate of drug-likeness (QED) is 0.509. The van der Waals surface area contributed by atoms with Gasteiger partial charge in [0, 0.05) is 33.6 Å². The van der Waals surface area contributed by atoms with Crippen LogP contribution >= 0.6 is 0 Å². The standard InChI is InChI=1S/C4H8NO.Pd/c1-3-6-4-2-5-1;/h1-4H2;/q-1;. The van der Waals surface area contributed by atoms with Gasteiger partial charge in [-0.1, -0.05) is 0 Å². The van der Waals surface area contributed by atoms with Crippen LogP contribution in [0.1, 0.15) is 0 Å². The van der Waals surface area contributed by atoms with Gasteiger partial charge in [-0.2, -0.15) is 0 Å². The zero-order valence-corrected chi connectivity index (χ0v) is 5.55. The summed E-state index contributed by atoms with van der Waals surface area (Å²) in [6.07, 6.45) is 0. The second-order valence-corrected chi connectivity index (χ2v) is 1.28. The number of morpholine rings is 1. The van der Waals surface area contributed by atoms with Gasteiger partial charge in [-0.05, 0) is 0 Å². The molecule has 1 aliphatic rings. The summed E-state index contributed by atoms with van der Waals surface area (Å²) in [6, 6.07) is 0. The molecule has 1 heterocycles. The first-order valence-electron chi connectivity index (χ1n) is 2.21. The Morgan fingerprint density at radius 3 is 1.86 bits per heavy atom. The molecule has 0 aliphatic carbocycles. The van der Waals surface area contributed by atoms with E-state index in [0.717, 1.165) is 26.3 Å². The van der Waals surface area contributed by atoms with Crippen molar-refractivity contribution in [2.45, 2.75) is 0 Å². The van der Waals surface area contributed by atoms with Crippen LogP contribution in [-0.4, -0.2) is 26.3 Å². The Kier molecular flexibility index (Phi) is 5.13. The molecular formula is C4H8NOPd-. The molecule has 0 radical (unpaired) electrons. The fraction of sp³-hybridized carbons (Fsp3) is 1.00. The van der Waals surface area contributed by atoms with E-state index in [-0.39, 0.29) is 20.4 Å². The molecular weight excluding hydrogens is 184 g/mol. The van der Waals surface area contributed by atoms with Crippen LogP contribution < -0.4 is 0 Å². The molecule has 1 saturated heterocycles. The Morgan fingerprint density at radius 2 is 1.71 bits per heavy atom. The van der Waals surface area contributed by atoms with Crippen LogP contribution in [0, 0.1) is 0 Å². The van der Waals surface area contributed by atoms with Crippen molar-refractivity contribution >= 4 is 0 Å². The van der Waals surface area contributed by atoms with Crippen LogP contribution in [-0.2, 0) is 25.2 Å². The van der Waals surface area contributed by atoms with Gasteiger partial charge in [0.05, 0.1) is 0 Å². The van der Waals surface area contributed by atoms with Gasteiger partial charge in [-0.3, -0.25) is 0 Å². The molecule has 0 unspecified atom stereocenters. The van der Waals surface area contributed by atoms with Crippen molar-refractivity contribution in [2.75, 3.05) is 26.3 Å². The van der Waals surface area contributed by atoms with Crippen LogP contribution in [0.3, 0.4) is 0 Å². The summed E-state index contributed by atoms with van der Waals surface area (Å²) in [5.74, 6) is 0. The maximum atomic E-state index is 4.98. The molecule has 0 bridgehead atoms. The van der Waals surface area contributed by atoms with Crippen molar-refractivity contribution in [1.29, 1.82) is 0 Å². The van der Waals surface area contributed by atoms with Gasteiger partial charge in [0.2, 0.25) is 0 Å². The minimum atomic E-state index is 0. The first kappa shape index (κ1) is 7.58. The normalized spacial score (nSPS) is 20.6. The summed E-state index contributed by atoms with van der Waals surface area (Å²) in [7, 11) is 0. The van der Waals surface area contributed by atoms with Gasteiger partial charge < -0.3 is 10.1 Å². The molecule has 0 N–H and O–H groups in total. The molecule has 0 spiro atoms. The van der Waals surface area contributed by atoms with Gasteiger partial charge in [0.1, 0.15) is 0 Å². The number of hydrogen-bond donors (Lipinski definition) is 0. The van der Waals surface area contributed by atoms with Crippen molar-refractivity contribution in [3.8, 4) is 0 Å². The first-order chi connectivity index (χ1) is 3.00. The average Bonchev–Trinajstić information content (AvgIpc) is 1.72. The van der Waals surface area contributed by atoms with Crippen molar-refractivity contribution in [2.24, 2.45) is 0 Å². The van der Waals surface area contributed by atoms with Crippen molar-refractivity contribution in [1.82, 2.24) is 0 Å². The zero-order chi connectivity index (χ0) is 4.24. The van der Waals surface area contributed by atoms with Gasteiger partial charge in [-0.15, -0.1) is 13.1 Å². The topological polar surface area (TPSA) is 23.3 Å². The summed E-state index contributed by atoms with van der Waals surface area (Å²) in [5, 5.41) is 4.05. The maximum Gasteiger partial charge on any atom is 0.0277 e. The van der Waals surface area contributed by atoms with E-state index in [1.165, 1.54) is 0 Å². The molecule has 0 saturated carbocycles. The van der Waals surface area contributed by atoms with Crippen molar-refractivity contribution < 1.29 is 25.2 Å². The molecule has 0 aromatic rings. The predicted octanol–water partition coefficient (Wildman–Crippen LogP) is 0.388. The SMILES string of the molecule is C1COCC[N-]1.[Pd]. The molecule has 3 heteroatoms. The maximum absolute atomic E-state index is 4.98. The Bertz CT molecular complexity index is 27.2. The molecule has 0 atom stereocenters. The molecule has 7 heavy (non-hydrogen) atoms.